The topological polar surface area (TPSA) is 49.5 Å². The van der Waals surface area contributed by atoms with Crippen molar-refractivity contribution in [3.63, 3.8) is 0 Å². The molecule has 1 aromatic carbocycles. The number of rotatable bonds is 3. The van der Waals surface area contributed by atoms with Gasteiger partial charge in [-0.15, -0.1) is 0 Å². The molecule has 0 saturated carbocycles. The molecule has 0 radical (unpaired) electrons. The molecule has 0 amide bonds. The lowest BCUT2D eigenvalue weighted by atomic mass is 10.0. The van der Waals surface area contributed by atoms with E-state index in [4.69, 9.17) is 4.52 Å². The van der Waals surface area contributed by atoms with Gasteiger partial charge in [0, 0.05) is 37.2 Å². The van der Waals surface area contributed by atoms with Crippen LogP contribution in [0.2, 0.25) is 0 Å². The van der Waals surface area contributed by atoms with Crippen molar-refractivity contribution in [3.8, 4) is 11.3 Å². The van der Waals surface area contributed by atoms with Crippen LogP contribution >= 0.6 is 0 Å². The molecule has 2 heterocycles. The summed E-state index contributed by atoms with van der Waals surface area (Å²) >= 11 is 0. The van der Waals surface area contributed by atoms with Gasteiger partial charge in [0.1, 0.15) is 17.3 Å². The van der Waals surface area contributed by atoms with E-state index in [0.717, 1.165) is 24.3 Å². The fourth-order valence-electron chi connectivity index (χ4n) is 2.66. The molecule has 106 valence electrons. The van der Waals surface area contributed by atoms with Crippen LogP contribution < -0.4 is 0 Å². The zero-order valence-electron chi connectivity index (χ0n) is 11.3. The van der Waals surface area contributed by atoms with Gasteiger partial charge in [-0.1, -0.05) is 17.3 Å². The maximum absolute atomic E-state index is 13.9. The van der Waals surface area contributed by atoms with E-state index in [1.54, 1.807) is 25.1 Å². The zero-order valence-corrected chi connectivity index (χ0v) is 11.3. The lowest BCUT2D eigenvalue weighted by molar-refractivity contribution is 0.116. The number of aromatic nitrogens is 1. The largest absolute Gasteiger partial charge is 0.392 e. The summed E-state index contributed by atoms with van der Waals surface area (Å²) in [7, 11) is 0. The molecule has 1 aliphatic heterocycles. The van der Waals surface area contributed by atoms with Crippen LogP contribution in [0.25, 0.3) is 11.3 Å². The normalized spacial score (nSPS) is 16.9. The average Bonchev–Trinajstić information content (AvgIpc) is 2.81. The molecule has 1 aliphatic rings. The van der Waals surface area contributed by atoms with Gasteiger partial charge in [-0.2, -0.15) is 0 Å². The molecule has 0 spiro atoms. The van der Waals surface area contributed by atoms with Crippen LogP contribution in [0.4, 0.5) is 4.39 Å². The van der Waals surface area contributed by atoms with Gasteiger partial charge in [-0.25, -0.2) is 4.39 Å². The molecular formula is C15H17FN2O2. The Morgan fingerprint density at radius 3 is 3.00 bits per heavy atom. The van der Waals surface area contributed by atoms with Crippen LogP contribution in [0.3, 0.4) is 0 Å². The second kappa shape index (κ2) is 5.34. The van der Waals surface area contributed by atoms with Crippen LogP contribution in [-0.2, 0) is 13.0 Å². The van der Waals surface area contributed by atoms with Crippen molar-refractivity contribution in [2.24, 2.45) is 0 Å². The van der Waals surface area contributed by atoms with Crippen molar-refractivity contribution in [2.75, 3.05) is 13.1 Å². The molecule has 1 unspecified atom stereocenters. The molecule has 1 aromatic heterocycles. The number of aliphatic hydroxyl groups excluding tert-OH is 1. The van der Waals surface area contributed by atoms with Gasteiger partial charge in [0.05, 0.1) is 6.10 Å². The van der Waals surface area contributed by atoms with Gasteiger partial charge in [0.2, 0.25) is 0 Å². The third kappa shape index (κ3) is 2.46. The highest BCUT2D eigenvalue weighted by Crippen LogP contribution is 2.31. The van der Waals surface area contributed by atoms with Gasteiger partial charge < -0.3 is 9.63 Å². The molecular weight excluding hydrogens is 259 g/mol. The minimum atomic E-state index is -0.381. The zero-order chi connectivity index (χ0) is 14.1. The number of fused-ring (bicyclic) bond motifs is 1. The summed E-state index contributed by atoms with van der Waals surface area (Å²) in [5.41, 5.74) is 1.98. The Morgan fingerprint density at radius 2 is 2.25 bits per heavy atom. The second-order valence-corrected chi connectivity index (χ2v) is 5.25. The molecule has 1 atom stereocenters. The van der Waals surface area contributed by atoms with Gasteiger partial charge in [0.15, 0.2) is 0 Å². The van der Waals surface area contributed by atoms with Crippen molar-refractivity contribution in [3.05, 3.63) is 41.4 Å². The number of hydrogen-bond donors (Lipinski definition) is 1. The average molecular weight is 276 g/mol. The summed E-state index contributed by atoms with van der Waals surface area (Å²) in [5, 5.41) is 13.5. The first kappa shape index (κ1) is 13.3. The summed E-state index contributed by atoms with van der Waals surface area (Å²) in [6.45, 7) is 3.82. The number of halogens is 1. The Labute approximate surface area is 116 Å². The quantitative estimate of drug-likeness (QED) is 0.934. The maximum atomic E-state index is 13.9. The summed E-state index contributed by atoms with van der Waals surface area (Å²) in [5.74, 6) is 0.529. The molecule has 3 rings (SSSR count). The summed E-state index contributed by atoms with van der Waals surface area (Å²) < 4.78 is 19.2. The van der Waals surface area contributed by atoms with Gasteiger partial charge >= 0.3 is 0 Å². The maximum Gasteiger partial charge on any atom is 0.143 e. The van der Waals surface area contributed by atoms with Gasteiger partial charge in [-0.05, 0) is 19.1 Å². The van der Waals surface area contributed by atoms with Crippen molar-refractivity contribution in [2.45, 2.75) is 26.0 Å². The van der Waals surface area contributed by atoms with Gasteiger partial charge in [0.25, 0.3) is 0 Å². The monoisotopic (exact) mass is 276 g/mol. The summed E-state index contributed by atoms with van der Waals surface area (Å²) in [6.07, 6.45) is 0.358. The van der Waals surface area contributed by atoms with E-state index in [0.29, 0.717) is 24.3 Å². The Hall–Kier alpha value is -1.72. The highest BCUT2D eigenvalue weighted by molar-refractivity contribution is 5.64. The van der Waals surface area contributed by atoms with E-state index >= 15 is 0 Å². The Bertz CT molecular complexity index is 610. The van der Waals surface area contributed by atoms with E-state index in [9.17, 15) is 9.50 Å². The highest BCUT2D eigenvalue weighted by atomic mass is 19.1. The minimum absolute atomic E-state index is 0.295. The Morgan fingerprint density at radius 1 is 1.45 bits per heavy atom. The Kier molecular flexibility index (Phi) is 3.54. The molecule has 5 heteroatoms. The standard InChI is InChI=1S/C15H17FN2O2/c1-10(19)8-18-7-6-14-12(9-18)15(17-20-14)11-4-2-3-5-13(11)16/h2-5,10,19H,6-9H2,1H3. The van der Waals surface area contributed by atoms with Crippen molar-refractivity contribution < 1.29 is 14.0 Å². The summed E-state index contributed by atoms with van der Waals surface area (Å²) in [6, 6.07) is 6.58. The van der Waals surface area contributed by atoms with Crippen LogP contribution in [-0.4, -0.2) is 34.4 Å². The first-order chi connectivity index (χ1) is 9.65. The van der Waals surface area contributed by atoms with Crippen molar-refractivity contribution in [1.82, 2.24) is 10.1 Å². The van der Waals surface area contributed by atoms with E-state index in [1.165, 1.54) is 6.07 Å². The lowest BCUT2D eigenvalue weighted by Crippen LogP contribution is -2.35. The fraction of sp³-hybridized carbons (Fsp3) is 0.400. The Balaban J connectivity index is 1.93. The molecule has 2 aromatic rings. The molecule has 20 heavy (non-hydrogen) atoms. The van der Waals surface area contributed by atoms with Crippen LogP contribution in [0.1, 0.15) is 18.2 Å². The van der Waals surface area contributed by atoms with E-state index in [2.05, 4.69) is 10.1 Å². The van der Waals surface area contributed by atoms with E-state index in [1.807, 2.05) is 0 Å². The molecule has 1 N–H and O–H groups in total. The number of β-amino-alcohol motifs (C(OH)–C–C–N with tert-alkyl or cyclic N) is 1. The predicted molar refractivity (Wildman–Crippen MR) is 72.6 cm³/mol. The van der Waals surface area contributed by atoms with Crippen LogP contribution in [0, 0.1) is 5.82 Å². The third-order valence-corrected chi connectivity index (χ3v) is 3.56. The van der Waals surface area contributed by atoms with Crippen LogP contribution in [0.5, 0.6) is 0 Å². The first-order valence-corrected chi connectivity index (χ1v) is 6.78. The van der Waals surface area contributed by atoms with Crippen molar-refractivity contribution in [1.29, 1.82) is 0 Å². The summed E-state index contributed by atoms with van der Waals surface area (Å²) in [4.78, 5) is 2.13. The van der Waals surface area contributed by atoms with Crippen molar-refractivity contribution >= 4 is 0 Å². The second-order valence-electron chi connectivity index (χ2n) is 5.25. The lowest BCUT2D eigenvalue weighted by Gasteiger charge is -2.27. The number of hydrogen-bond acceptors (Lipinski definition) is 4. The first-order valence-electron chi connectivity index (χ1n) is 6.78. The van der Waals surface area contributed by atoms with Crippen LogP contribution in [0.15, 0.2) is 28.8 Å². The number of benzene rings is 1. The molecule has 0 saturated heterocycles. The fourth-order valence-corrected chi connectivity index (χ4v) is 2.66. The smallest absolute Gasteiger partial charge is 0.143 e. The minimum Gasteiger partial charge on any atom is -0.392 e. The van der Waals surface area contributed by atoms with E-state index in [-0.39, 0.29) is 11.9 Å². The molecule has 0 aliphatic carbocycles. The molecule has 4 nitrogen and oxygen atoms in total. The highest BCUT2D eigenvalue weighted by Gasteiger charge is 2.26. The SMILES string of the molecule is CC(O)CN1CCc2onc(-c3ccccc3F)c2C1. The number of nitrogens with zero attached hydrogens (tertiary/aromatic N) is 2. The third-order valence-electron chi connectivity index (χ3n) is 3.56. The predicted octanol–water partition coefficient (Wildman–Crippen LogP) is 2.22. The van der Waals surface area contributed by atoms with E-state index < -0.39 is 0 Å². The molecule has 0 fully saturated rings. The number of aliphatic hydroxyl groups is 1. The molecule has 0 bridgehead atoms. The van der Waals surface area contributed by atoms with Gasteiger partial charge in [-0.3, -0.25) is 4.90 Å².